The third-order valence-corrected chi connectivity index (χ3v) is 3.41. The van der Waals surface area contributed by atoms with E-state index in [9.17, 15) is 0 Å². The fourth-order valence-corrected chi connectivity index (χ4v) is 2.20. The molecule has 0 amide bonds. The van der Waals surface area contributed by atoms with Gasteiger partial charge in [0.2, 0.25) is 0 Å². The first-order chi connectivity index (χ1) is 10.2. The van der Waals surface area contributed by atoms with Crippen molar-refractivity contribution in [1.82, 2.24) is 0 Å². The number of benzene rings is 2. The highest BCUT2D eigenvalue weighted by atomic mass is 15.1. The average molecular weight is 281 g/mol. The van der Waals surface area contributed by atoms with Crippen molar-refractivity contribution in [1.29, 1.82) is 0 Å². The van der Waals surface area contributed by atoms with Gasteiger partial charge in [-0.25, -0.2) is 0 Å². The topological polar surface area (TPSA) is 28.0 Å². The number of hydrogen-bond donors (Lipinski definition) is 0. The van der Waals surface area contributed by atoms with Gasteiger partial charge in [0.1, 0.15) is 0 Å². The molecule has 0 aliphatic carbocycles. The van der Waals surface area contributed by atoms with E-state index in [4.69, 9.17) is 0 Å². The van der Waals surface area contributed by atoms with E-state index in [2.05, 4.69) is 48.0 Å². The van der Waals surface area contributed by atoms with Crippen molar-refractivity contribution in [3.63, 3.8) is 0 Å². The van der Waals surface area contributed by atoms with Gasteiger partial charge in [-0.1, -0.05) is 24.6 Å². The fourth-order valence-electron chi connectivity index (χ4n) is 2.20. The van der Waals surface area contributed by atoms with Crippen LogP contribution in [-0.2, 0) is 0 Å². The minimum Gasteiger partial charge on any atom is -0.372 e. The second-order valence-corrected chi connectivity index (χ2v) is 5.13. The molecule has 0 bridgehead atoms. The van der Waals surface area contributed by atoms with Crippen LogP contribution in [0.3, 0.4) is 0 Å². The number of rotatable bonds is 6. The maximum absolute atomic E-state index is 4.28. The monoisotopic (exact) mass is 281 g/mol. The zero-order valence-corrected chi connectivity index (χ0v) is 13.1. The van der Waals surface area contributed by atoms with Gasteiger partial charge in [0.15, 0.2) is 0 Å². The summed E-state index contributed by atoms with van der Waals surface area (Å²) in [7, 11) is 0. The highest BCUT2D eigenvalue weighted by Gasteiger charge is 2.02. The zero-order chi connectivity index (χ0) is 15.1. The van der Waals surface area contributed by atoms with Crippen LogP contribution in [0.1, 0.15) is 25.8 Å². The Bertz CT molecular complexity index is 570. The zero-order valence-electron chi connectivity index (χ0n) is 13.1. The summed E-state index contributed by atoms with van der Waals surface area (Å²) in [5.41, 5.74) is 4.24. The Balaban J connectivity index is 2.06. The van der Waals surface area contributed by atoms with Crippen LogP contribution in [0, 0.1) is 6.92 Å². The Morgan fingerprint density at radius 2 is 1.33 bits per heavy atom. The van der Waals surface area contributed by atoms with Crippen LogP contribution >= 0.6 is 0 Å². The number of hydrogen-bond acceptors (Lipinski definition) is 3. The van der Waals surface area contributed by atoms with Crippen molar-refractivity contribution in [2.45, 2.75) is 27.2 Å². The van der Waals surface area contributed by atoms with Gasteiger partial charge in [0, 0.05) is 18.8 Å². The van der Waals surface area contributed by atoms with Gasteiger partial charge in [0.05, 0.1) is 11.4 Å². The first-order valence-electron chi connectivity index (χ1n) is 7.56. The third kappa shape index (κ3) is 4.42. The molecule has 2 aromatic rings. The van der Waals surface area contributed by atoms with Crippen LogP contribution < -0.4 is 4.90 Å². The molecule has 0 atom stereocenters. The maximum atomic E-state index is 4.28. The predicted octanol–water partition coefficient (Wildman–Crippen LogP) is 5.65. The van der Waals surface area contributed by atoms with Gasteiger partial charge in [-0.3, -0.25) is 0 Å². The lowest BCUT2D eigenvalue weighted by Gasteiger charge is -2.22. The molecule has 21 heavy (non-hydrogen) atoms. The summed E-state index contributed by atoms with van der Waals surface area (Å²) in [4.78, 5) is 2.36. The van der Waals surface area contributed by atoms with Crippen molar-refractivity contribution in [2.24, 2.45) is 10.2 Å². The summed E-state index contributed by atoms with van der Waals surface area (Å²) in [5, 5.41) is 8.54. The van der Waals surface area contributed by atoms with Crippen molar-refractivity contribution < 1.29 is 0 Å². The number of aryl methyl sites for hydroxylation is 1. The number of nitrogens with zero attached hydrogens (tertiary/aromatic N) is 3. The van der Waals surface area contributed by atoms with Gasteiger partial charge in [-0.2, -0.15) is 10.2 Å². The fraction of sp³-hybridized carbons (Fsp3) is 0.333. The molecule has 2 rings (SSSR count). The lowest BCUT2D eigenvalue weighted by atomic mass is 10.2. The molecule has 110 valence electrons. The van der Waals surface area contributed by atoms with Gasteiger partial charge in [-0.15, -0.1) is 0 Å². The molecular weight excluding hydrogens is 258 g/mol. The largest absolute Gasteiger partial charge is 0.372 e. The Hall–Kier alpha value is -2.16. The van der Waals surface area contributed by atoms with Crippen molar-refractivity contribution >= 4 is 17.1 Å². The minimum absolute atomic E-state index is 0.880. The van der Waals surface area contributed by atoms with Crippen molar-refractivity contribution in [3.05, 3.63) is 54.1 Å². The molecule has 0 saturated heterocycles. The Morgan fingerprint density at radius 1 is 0.810 bits per heavy atom. The summed E-state index contributed by atoms with van der Waals surface area (Å²) in [5.74, 6) is 0. The summed E-state index contributed by atoms with van der Waals surface area (Å²) in [6.45, 7) is 8.56. The normalized spacial score (nSPS) is 11.0. The molecule has 0 unspecified atom stereocenters. The van der Waals surface area contributed by atoms with E-state index in [-0.39, 0.29) is 0 Å². The highest BCUT2D eigenvalue weighted by molar-refractivity contribution is 5.52. The summed E-state index contributed by atoms with van der Waals surface area (Å²) in [6.07, 6.45) is 1.16. The second-order valence-electron chi connectivity index (χ2n) is 5.13. The third-order valence-electron chi connectivity index (χ3n) is 3.41. The molecule has 0 aliphatic rings. The molecule has 0 saturated carbocycles. The Kier molecular flexibility index (Phi) is 5.50. The lowest BCUT2D eigenvalue weighted by Crippen LogP contribution is -2.23. The Labute approximate surface area is 127 Å². The van der Waals surface area contributed by atoms with Crippen molar-refractivity contribution in [3.8, 4) is 0 Å². The summed E-state index contributed by atoms with van der Waals surface area (Å²) >= 11 is 0. The smallest absolute Gasteiger partial charge is 0.0858 e. The molecule has 0 fully saturated rings. The van der Waals surface area contributed by atoms with E-state index in [0.717, 1.165) is 30.9 Å². The van der Waals surface area contributed by atoms with E-state index in [1.54, 1.807) is 0 Å². The quantitative estimate of drug-likeness (QED) is 0.629. The van der Waals surface area contributed by atoms with Gasteiger partial charge in [0.25, 0.3) is 0 Å². The highest BCUT2D eigenvalue weighted by Crippen LogP contribution is 2.22. The minimum atomic E-state index is 0.880. The molecule has 0 spiro atoms. The molecule has 3 nitrogen and oxygen atoms in total. The standard InChI is InChI=1S/C18H23N3/c1-4-14-21(5-2)18-12-10-17(11-13-18)20-19-16-8-6-15(3)7-9-16/h6-13H,4-5,14H2,1-3H3. The van der Waals surface area contributed by atoms with E-state index in [0.29, 0.717) is 0 Å². The molecule has 0 aromatic heterocycles. The predicted molar refractivity (Wildman–Crippen MR) is 90.0 cm³/mol. The van der Waals surface area contributed by atoms with Gasteiger partial charge >= 0.3 is 0 Å². The molecule has 0 radical (unpaired) electrons. The molecule has 0 aliphatic heterocycles. The van der Waals surface area contributed by atoms with Crippen LogP contribution in [-0.4, -0.2) is 13.1 Å². The van der Waals surface area contributed by atoms with Gasteiger partial charge in [-0.05, 0) is 56.7 Å². The number of anilines is 1. The number of azo groups is 1. The van der Waals surface area contributed by atoms with Crippen molar-refractivity contribution in [2.75, 3.05) is 18.0 Å². The summed E-state index contributed by atoms with van der Waals surface area (Å²) < 4.78 is 0. The van der Waals surface area contributed by atoms with E-state index in [1.807, 2.05) is 36.4 Å². The van der Waals surface area contributed by atoms with E-state index in [1.165, 1.54) is 11.3 Å². The van der Waals surface area contributed by atoms with Crippen LogP contribution in [0.15, 0.2) is 58.8 Å². The first-order valence-corrected chi connectivity index (χ1v) is 7.56. The molecule has 3 heteroatoms. The van der Waals surface area contributed by atoms with Crippen LogP contribution in [0.25, 0.3) is 0 Å². The second kappa shape index (κ2) is 7.58. The first kappa shape index (κ1) is 15.2. The summed E-state index contributed by atoms with van der Waals surface area (Å²) in [6, 6.07) is 16.3. The maximum Gasteiger partial charge on any atom is 0.0858 e. The SMILES string of the molecule is CCCN(CC)c1ccc(N=Nc2ccc(C)cc2)cc1. The molecule has 0 N–H and O–H groups in total. The van der Waals surface area contributed by atoms with E-state index < -0.39 is 0 Å². The van der Waals surface area contributed by atoms with Crippen LogP contribution in [0.2, 0.25) is 0 Å². The lowest BCUT2D eigenvalue weighted by molar-refractivity contribution is 0.792. The molecular formula is C18H23N3. The molecule has 2 aromatic carbocycles. The van der Waals surface area contributed by atoms with Crippen LogP contribution in [0.4, 0.5) is 17.1 Å². The van der Waals surface area contributed by atoms with E-state index >= 15 is 0 Å². The molecule has 0 heterocycles. The Morgan fingerprint density at radius 3 is 1.81 bits per heavy atom. The van der Waals surface area contributed by atoms with Crippen LogP contribution in [0.5, 0.6) is 0 Å². The van der Waals surface area contributed by atoms with Gasteiger partial charge < -0.3 is 4.90 Å². The average Bonchev–Trinajstić information content (AvgIpc) is 2.53.